The normalized spacial score (nSPS) is 30.1. The number of carbonyl (C=O) groups is 1. The molecular formula is C29H34N2OS. The van der Waals surface area contributed by atoms with Gasteiger partial charge in [0, 0.05) is 32.7 Å². The van der Waals surface area contributed by atoms with Gasteiger partial charge < -0.3 is 5.32 Å². The number of nitrogens with one attached hydrogen (secondary N) is 1. The molecule has 0 aromatic heterocycles. The van der Waals surface area contributed by atoms with Gasteiger partial charge in [-0.1, -0.05) is 43.3 Å². The molecule has 33 heavy (non-hydrogen) atoms. The van der Waals surface area contributed by atoms with Crippen molar-refractivity contribution in [2.24, 2.45) is 28.2 Å². The van der Waals surface area contributed by atoms with Crippen LogP contribution in [0.2, 0.25) is 0 Å². The number of carbonyl (C=O) groups excluding carboxylic acids is 1. The lowest BCUT2D eigenvalue weighted by Crippen LogP contribution is -2.55. The Labute approximate surface area is 201 Å². The second kappa shape index (κ2) is 8.30. The van der Waals surface area contributed by atoms with Gasteiger partial charge in [0.2, 0.25) is 0 Å². The molecule has 2 aromatic carbocycles. The van der Waals surface area contributed by atoms with E-state index in [0.717, 1.165) is 52.5 Å². The number of nitrogens with zero attached hydrogens (tertiary/aromatic N) is 1. The summed E-state index contributed by atoms with van der Waals surface area (Å²) in [7, 11) is 0. The van der Waals surface area contributed by atoms with Crippen molar-refractivity contribution in [2.75, 3.05) is 0 Å². The van der Waals surface area contributed by atoms with Crippen molar-refractivity contribution in [1.29, 1.82) is 0 Å². The summed E-state index contributed by atoms with van der Waals surface area (Å²) < 4.78 is 0. The number of rotatable bonds is 5. The van der Waals surface area contributed by atoms with E-state index in [2.05, 4.69) is 49.5 Å². The maximum absolute atomic E-state index is 13.4. The van der Waals surface area contributed by atoms with Crippen molar-refractivity contribution in [3.63, 3.8) is 0 Å². The molecule has 4 heteroatoms. The summed E-state index contributed by atoms with van der Waals surface area (Å²) in [5.74, 6) is 2.74. The first-order valence-electron chi connectivity index (χ1n) is 12.8. The SMILES string of the molecule is CCCC1=Nc2cc(C(=O)NC(C)C34CC5CC(CC(C5)C3)C4)ccc2Sc2ccccc21. The highest BCUT2D eigenvalue weighted by molar-refractivity contribution is 7.99. The standard InChI is InChI=1S/C29H34N2OS/c1-3-6-24-23-7-4-5-8-26(23)33-27-10-9-22(14-25(27)31-24)28(32)30-18(2)29-15-19-11-20(16-29)13-21(12-19)17-29/h4-5,7-10,14,18-21H,3,6,11-13,15-17H2,1-2H3,(H,30,32). The predicted molar refractivity (Wildman–Crippen MR) is 136 cm³/mol. The van der Waals surface area contributed by atoms with E-state index in [1.807, 2.05) is 12.1 Å². The first-order chi connectivity index (χ1) is 16.0. The molecular weight excluding hydrogens is 424 g/mol. The first-order valence-corrected chi connectivity index (χ1v) is 13.6. The van der Waals surface area contributed by atoms with Crippen LogP contribution in [0, 0.1) is 23.2 Å². The van der Waals surface area contributed by atoms with Crippen LogP contribution in [-0.2, 0) is 0 Å². The van der Waals surface area contributed by atoms with Crippen molar-refractivity contribution in [3.8, 4) is 0 Å². The Balaban J connectivity index is 1.25. The smallest absolute Gasteiger partial charge is 0.251 e. The van der Waals surface area contributed by atoms with Crippen molar-refractivity contribution in [1.82, 2.24) is 5.32 Å². The van der Waals surface area contributed by atoms with Crippen LogP contribution in [0.3, 0.4) is 0 Å². The molecule has 172 valence electrons. The van der Waals surface area contributed by atoms with Gasteiger partial charge in [-0.15, -0.1) is 0 Å². The molecule has 4 aliphatic carbocycles. The van der Waals surface area contributed by atoms with E-state index in [4.69, 9.17) is 4.99 Å². The van der Waals surface area contributed by atoms with Crippen molar-refractivity contribution < 1.29 is 4.79 Å². The fourth-order valence-corrected chi connectivity index (χ4v) is 8.54. The van der Waals surface area contributed by atoms with Gasteiger partial charge in [0.05, 0.1) is 5.69 Å². The Hall–Kier alpha value is -2.07. The number of hydrogen-bond donors (Lipinski definition) is 1. The quantitative estimate of drug-likeness (QED) is 0.507. The van der Waals surface area contributed by atoms with Gasteiger partial charge >= 0.3 is 0 Å². The average Bonchev–Trinajstić information content (AvgIpc) is 2.94. The van der Waals surface area contributed by atoms with E-state index in [1.165, 1.54) is 49.0 Å². The van der Waals surface area contributed by atoms with Gasteiger partial charge in [-0.25, -0.2) is 0 Å². The van der Waals surface area contributed by atoms with E-state index in [1.54, 1.807) is 11.8 Å². The molecule has 4 saturated carbocycles. The van der Waals surface area contributed by atoms with E-state index >= 15 is 0 Å². The summed E-state index contributed by atoms with van der Waals surface area (Å²) in [4.78, 5) is 20.8. The van der Waals surface area contributed by atoms with E-state index in [0.29, 0.717) is 5.41 Å². The molecule has 2 aromatic rings. The zero-order valence-corrected chi connectivity index (χ0v) is 20.6. The lowest BCUT2D eigenvalue weighted by Gasteiger charge is -2.59. The summed E-state index contributed by atoms with van der Waals surface area (Å²) in [6.45, 7) is 4.46. The van der Waals surface area contributed by atoms with Crippen LogP contribution in [0.15, 0.2) is 57.2 Å². The monoisotopic (exact) mass is 458 g/mol. The zero-order valence-electron chi connectivity index (χ0n) is 19.8. The Morgan fingerprint density at radius 3 is 2.45 bits per heavy atom. The minimum Gasteiger partial charge on any atom is -0.349 e. The highest BCUT2D eigenvalue weighted by Gasteiger charge is 2.53. The van der Waals surface area contributed by atoms with Crippen LogP contribution >= 0.6 is 11.8 Å². The summed E-state index contributed by atoms with van der Waals surface area (Å²) in [5, 5.41) is 3.43. The van der Waals surface area contributed by atoms with Gasteiger partial charge in [0.1, 0.15) is 0 Å². The summed E-state index contributed by atoms with van der Waals surface area (Å²) in [6.07, 6.45) is 10.2. The second-order valence-corrected chi connectivity index (χ2v) is 12.1. The van der Waals surface area contributed by atoms with Gasteiger partial charge in [-0.3, -0.25) is 9.79 Å². The highest BCUT2D eigenvalue weighted by atomic mass is 32.2. The van der Waals surface area contributed by atoms with Crippen LogP contribution in [0.25, 0.3) is 0 Å². The third-order valence-electron chi connectivity index (χ3n) is 8.73. The lowest BCUT2D eigenvalue weighted by atomic mass is 9.48. The molecule has 1 atom stereocenters. The zero-order chi connectivity index (χ0) is 22.6. The minimum atomic E-state index is 0.0556. The third kappa shape index (κ3) is 3.84. The molecule has 4 fully saturated rings. The number of benzene rings is 2. The lowest BCUT2D eigenvalue weighted by molar-refractivity contribution is -0.0688. The largest absolute Gasteiger partial charge is 0.349 e. The Morgan fingerprint density at radius 1 is 1.06 bits per heavy atom. The first kappa shape index (κ1) is 21.5. The number of amides is 1. The molecule has 0 spiro atoms. The van der Waals surface area contributed by atoms with Gasteiger partial charge in [-0.05, 0) is 99.3 Å². The van der Waals surface area contributed by atoms with Crippen LogP contribution in [0.1, 0.15) is 81.1 Å². The molecule has 1 heterocycles. The predicted octanol–water partition coefficient (Wildman–Crippen LogP) is 7.41. The number of aliphatic imine (C=N–C) groups is 1. The molecule has 7 rings (SSSR count). The maximum atomic E-state index is 13.4. The minimum absolute atomic E-state index is 0.0556. The molecule has 1 aliphatic heterocycles. The van der Waals surface area contributed by atoms with Gasteiger partial charge in [-0.2, -0.15) is 0 Å². The summed E-state index contributed by atoms with van der Waals surface area (Å²) in [5.41, 5.74) is 4.33. The summed E-state index contributed by atoms with van der Waals surface area (Å²) >= 11 is 1.76. The van der Waals surface area contributed by atoms with E-state index in [-0.39, 0.29) is 11.9 Å². The van der Waals surface area contributed by atoms with Crippen molar-refractivity contribution in [3.05, 3.63) is 53.6 Å². The molecule has 3 nitrogen and oxygen atoms in total. The maximum Gasteiger partial charge on any atom is 0.251 e. The molecule has 5 aliphatic rings. The molecule has 0 radical (unpaired) electrons. The Bertz CT molecular complexity index is 1090. The Morgan fingerprint density at radius 2 is 1.76 bits per heavy atom. The molecule has 1 unspecified atom stereocenters. The molecule has 1 amide bonds. The van der Waals surface area contributed by atoms with Gasteiger partial charge in [0.15, 0.2) is 0 Å². The molecule has 1 N–H and O–H groups in total. The number of fused-ring (bicyclic) bond motifs is 2. The van der Waals surface area contributed by atoms with Crippen LogP contribution < -0.4 is 5.32 Å². The highest BCUT2D eigenvalue weighted by Crippen LogP contribution is 2.61. The third-order valence-corrected chi connectivity index (χ3v) is 9.87. The van der Waals surface area contributed by atoms with Crippen LogP contribution in [0.4, 0.5) is 5.69 Å². The average molecular weight is 459 g/mol. The van der Waals surface area contributed by atoms with Crippen molar-refractivity contribution in [2.45, 2.75) is 81.0 Å². The topological polar surface area (TPSA) is 41.5 Å². The fourth-order valence-electron chi connectivity index (χ4n) is 7.52. The summed E-state index contributed by atoms with van der Waals surface area (Å²) in [6, 6.07) is 14.8. The van der Waals surface area contributed by atoms with Crippen molar-refractivity contribution >= 4 is 29.1 Å². The van der Waals surface area contributed by atoms with E-state index in [9.17, 15) is 4.79 Å². The number of hydrogen-bond acceptors (Lipinski definition) is 3. The van der Waals surface area contributed by atoms with Gasteiger partial charge in [0.25, 0.3) is 5.91 Å². The van der Waals surface area contributed by atoms with Crippen LogP contribution in [0.5, 0.6) is 0 Å². The molecule has 0 saturated heterocycles. The fraction of sp³-hybridized carbons (Fsp3) is 0.517. The van der Waals surface area contributed by atoms with E-state index < -0.39 is 0 Å². The second-order valence-electron chi connectivity index (χ2n) is 11.1. The Kier molecular flexibility index (Phi) is 5.40. The van der Waals surface area contributed by atoms with Crippen LogP contribution in [-0.4, -0.2) is 17.7 Å². The molecule has 4 bridgehead atoms.